The topological polar surface area (TPSA) is 84.5 Å². The summed E-state index contributed by atoms with van der Waals surface area (Å²) in [6.07, 6.45) is 0.490. The normalized spacial score (nSPS) is 17.5. The number of aryl methyl sites for hydroxylation is 2. The van der Waals surface area contributed by atoms with E-state index in [1.807, 2.05) is 32.0 Å². The number of hydrogen-bond donors (Lipinski definition) is 2. The van der Waals surface area contributed by atoms with Crippen LogP contribution in [0.5, 0.6) is 0 Å². The number of nitrogens with one attached hydrogen (secondary N) is 2. The highest BCUT2D eigenvalue weighted by Crippen LogP contribution is 2.40. The molecular formula is C22H24N2O4. The Kier molecular flexibility index (Phi) is 5.78. The van der Waals surface area contributed by atoms with Crippen molar-refractivity contribution in [3.05, 3.63) is 59.2 Å². The number of ether oxygens (including phenoxy) is 1. The molecule has 2 unspecified atom stereocenters. The number of benzene rings is 2. The number of anilines is 2. The molecule has 1 aliphatic rings. The molecule has 1 fully saturated rings. The number of carbonyl (C=O) groups is 3. The molecule has 0 aliphatic heterocycles. The highest BCUT2D eigenvalue weighted by atomic mass is 16.5. The summed E-state index contributed by atoms with van der Waals surface area (Å²) in [6, 6.07) is 12.5. The van der Waals surface area contributed by atoms with Gasteiger partial charge in [0.1, 0.15) is 0 Å². The fourth-order valence-corrected chi connectivity index (χ4v) is 3.07. The van der Waals surface area contributed by atoms with E-state index in [1.54, 1.807) is 31.2 Å². The Morgan fingerprint density at radius 2 is 1.61 bits per heavy atom. The van der Waals surface area contributed by atoms with Crippen LogP contribution < -0.4 is 10.6 Å². The standard InChI is InChI=1S/C22H24N2O4/c1-4-28-22(27)15-7-5-6-8-18(15)23-20(25)16-12-17(16)21(26)24-19-11-13(2)9-10-14(19)3/h5-11,16-17H,4,12H2,1-3H3,(H,23,25)(H,24,26). The first kappa shape index (κ1) is 19.6. The van der Waals surface area contributed by atoms with Gasteiger partial charge in [-0.3, -0.25) is 9.59 Å². The van der Waals surface area contributed by atoms with E-state index in [4.69, 9.17) is 4.74 Å². The Hall–Kier alpha value is -3.15. The third-order valence-corrected chi connectivity index (χ3v) is 4.80. The zero-order valence-electron chi connectivity index (χ0n) is 16.2. The first-order valence-electron chi connectivity index (χ1n) is 9.35. The van der Waals surface area contributed by atoms with Crippen LogP contribution in [0.3, 0.4) is 0 Å². The van der Waals surface area contributed by atoms with Gasteiger partial charge in [-0.1, -0.05) is 24.3 Å². The van der Waals surface area contributed by atoms with E-state index in [2.05, 4.69) is 10.6 Å². The predicted molar refractivity (Wildman–Crippen MR) is 107 cm³/mol. The van der Waals surface area contributed by atoms with Crippen LogP contribution in [0.15, 0.2) is 42.5 Å². The first-order valence-corrected chi connectivity index (χ1v) is 9.35. The van der Waals surface area contributed by atoms with Crippen molar-refractivity contribution in [2.24, 2.45) is 11.8 Å². The van der Waals surface area contributed by atoms with E-state index in [9.17, 15) is 14.4 Å². The van der Waals surface area contributed by atoms with Crippen LogP contribution in [0, 0.1) is 25.7 Å². The van der Waals surface area contributed by atoms with Gasteiger partial charge in [0.25, 0.3) is 0 Å². The smallest absolute Gasteiger partial charge is 0.340 e. The van der Waals surface area contributed by atoms with Crippen molar-refractivity contribution in [1.29, 1.82) is 0 Å². The molecule has 2 aromatic rings. The monoisotopic (exact) mass is 380 g/mol. The molecule has 2 aromatic carbocycles. The molecule has 146 valence electrons. The van der Waals surface area contributed by atoms with E-state index in [-0.39, 0.29) is 24.3 Å². The fourth-order valence-electron chi connectivity index (χ4n) is 3.07. The van der Waals surface area contributed by atoms with Crippen molar-refractivity contribution in [2.45, 2.75) is 27.2 Å². The molecule has 0 heterocycles. The van der Waals surface area contributed by atoms with Gasteiger partial charge in [0.15, 0.2) is 0 Å². The lowest BCUT2D eigenvalue weighted by atomic mass is 10.1. The lowest BCUT2D eigenvalue weighted by Crippen LogP contribution is -2.22. The maximum absolute atomic E-state index is 12.6. The van der Waals surface area contributed by atoms with Gasteiger partial charge in [-0.15, -0.1) is 0 Å². The second-order valence-electron chi connectivity index (χ2n) is 7.01. The summed E-state index contributed by atoms with van der Waals surface area (Å²) in [7, 11) is 0. The molecule has 2 amide bonds. The molecule has 2 N–H and O–H groups in total. The van der Waals surface area contributed by atoms with Crippen molar-refractivity contribution in [3.8, 4) is 0 Å². The highest BCUT2D eigenvalue weighted by Gasteiger charge is 2.48. The van der Waals surface area contributed by atoms with E-state index in [0.29, 0.717) is 17.7 Å². The van der Waals surface area contributed by atoms with Gasteiger partial charge < -0.3 is 15.4 Å². The van der Waals surface area contributed by atoms with Crippen LogP contribution in [0.1, 0.15) is 34.8 Å². The maximum Gasteiger partial charge on any atom is 0.340 e. The third kappa shape index (κ3) is 4.39. The Morgan fingerprint density at radius 1 is 0.964 bits per heavy atom. The van der Waals surface area contributed by atoms with Crippen LogP contribution in [0.4, 0.5) is 11.4 Å². The van der Waals surface area contributed by atoms with E-state index >= 15 is 0 Å². The average Bonchev–Trinajstić information content (AvgIpc) is 3.46. The van der Waals surface area contributed by atoms with Gasteiger partial charge in [-0.2, -0.15) is 0 Å². The number of hydrogen-bond acceptors (Lipinski definition) is 4. The summed E-state index contributed by atoms with van der Waals surface area (Å²) in [4.78, 5) is 37.1. The van der Waals surface area contributed by atoms with Crippen LogP contribution in [-0.4, -0.2) is 24.4 Å². The van der Waals surface area contributed by atoms with Crippen molar-refractivity contribution in [3.63, 3.8) is 0 Å². The minimum atomic E-state index is -0.488. The van der Waals surface area contributed by atoms with Gasteiger partial charge in [0, 0.05) is 5.69 Å². The van der Waals surface area contributed by atoms with Crippen molar-refractivity contribution >= 4 is 29.2 Å². The van der Waals surface area contributed by atoms with E-state index in [1.165, 1.54) is 0 Å². The molecule has 0 radical (unpaired) electrons. The molecule has 0 aromatic heterocycles. The molecule has 0 saturated heterocycles. The van der Waals surface area contributed by atoms with Gasteiger partial charge in [0.2, 0.25) is 11.8 Å². The van der Waals surface area contributed by atoms with Crippen molar-refractivity contribution in [2.75, 3.05) is 17.2 Å². The molecule has 1 saturated carbocycles. The van der Waals surface area contributed by atoms with Gasteiger partial charge in [0.05, 0.1) is 29.7 Å². The number of amides is 2. The zero-order valence-corrected chi connectivity index (χ0v) is 16.2. The molecule has 6 heteroatoms. The molecule has 6 nitrogen and oxygen atoms in total. The second-order valence-corrected chi connectivity index (χ2v) is 7.01. The Bertz CT molecular complexity index is 923. The van der Waals surface area contributed by atoms with Crippen LogP contribution in [-0.2, 0) is 14.3 Å². The zero-order chi connectivity index (χ0) is 20.3. The maximum atomic E-state index is 12.6. The van der Waals surface area contributed by atoms with Gasteiger partial charge in [-0.25, -0.2) is 4.79 Å². The summed E-state index contributed by atoms with van der Waals surface area (Å²) >= 11 is 0. The molecule has 0 bridgehead atoms. The minimum absolute atomic E-state index is 0.160. The number of para-hydroxylation sites is 1. The molecule has 3 rings (SSSR count). The van der Waals surface area contributed by atoms with Crippen LogP contribution in [0.25, 0.3) is 0 Å². The largest absolute Gasteiger partial charge is 0.462 e. The summed E-state index contributed by atoms with van der Waals surface area (Å²) in [5.74, 6) is -1.68. The molecular weight excluding hydrogens is 356 g/mol. The Balaban J connectivity index is 1.63. The lowest BCUT2D eigenvalue weighted by molar-refractivity contribution is -0.122. The number of rotatable bonds is 6. The van der Waals surface area contributed by atoms with Gasteiger partial charge in [-0.05, 0) is 56.5 Å². The summed E-state index contributed by atoms with van der Waals surface area (Å²) in [5.41, 5.74) is 3.50. The quantitative estimate of drug-likeness (QED) is 0.749. The first-order chi connectivity index (χ1) is 13.4. The second kappa shape index (κ2) is 8.25. The van der Waals surface area contributed by atoms with Gasteiger partial charge >= 0.3 is 5.97 Å². The Morgan fingerprint density at radius 3 is 2.29 bits per heavy atom. The number of esters is 1. The predicted octanol–water partition coefficient (Wildman–Crippen LogP) is 3.69. The summed E-state index contributed by atoms with van der Waals surface area (Å²) in [6.45, 7) is 5.87. The third-order valence-electron chi connectivity index (χ3n) is 4.80. The molecule has 2 atom stereocenters. The van der Waals surface area contributed by atoms with E-state index < -0.39 is 11.9 Å². The highest BCUT2D eigenvalue weighted by molar-refractivity contribution is 6.06. The summed E-state index contributed by atoms with van der Waals surface area (Å²) < 4.78 is 5.02. The van der Waals surface area contributed by atoms with E-state index in [0.717, 1.165) is 16.8 Å². The van der Waals surface area contributed by atoms with Crippen molar-refractivity contribution in [1.82, 2.24) is 0 Å². The SMILES string of the molecule is CCOC(=O)c1ccccc1NC(=O)C1CC1C(=O)Nc1cc(C)ccc1C. The lowest BCUT2D eigenvalue weighted by Gasteiger charge is -2.11. The number of carbonyl (C=O) groups excluding carboxylic acids is 3. The minimum Gasteiger partial charge on any atom is -0.462 e. The van der Waals surface area contributed by atoms with Crippen LogP contribution >= 0.6 is 0 Å². The summed E-state index contributed by atoms with van der Waals surface area (Å²) in [5, 5.41) is 5.68. The molecule has 0 spiro atoms. The molecule has 28 heavy (non-hydrogen) atoms. The van der Waals surface area contributed by atoms with Crippen LogP contribution in [0.2, 0.25) is 0 Å². The Labute approximate surface area is 164 Å². The molecule has 1 aliphatic carbocycles. The van der Waals surface area contributed by atoms with Crippen molar-refractivity contribution < 1.29 is 19.1 Å². The average molecular weight is 380 g/mol. The fraction of sp³-hybridized carbons (Fsp3) is 0.318.